The molecule has 1 aromatic rings. The van der Waals surface area contributed by atoms with Gasteiger partial charge in [-0.3, -0.25) is 0 Å². The second-order valence-corrected chi connectivity index (χ2v) is 3.75. The molecule has 1 aliphatic rings. The number of methoxy groups -OCH3 is 1. The summed E-state index contributed by atoms with van der Waals surface area (Å²) in [6.45, 7) is 0. The first kappa shape index (κ1) is 11.0. The molecule has 0 saturated heterocycles. The highest BCUT2D eigenvalue weighted by Crippen LogP contribution is 2.38. The van der Waals surface area contributed by atoms with Crippen molar-refractivity contribution in [1.29, 1.82) is 0 Å². The summed E-state index contributed by atoms with van der Waals surface area (Å²) >= 11 is 0. The Morgan fingerprint density at radius 2 is 2.25 bits per heavy atom. The predicted octanol–water partition coefficient (Wildman–Crippen LogP) is 2.30. The lowest BCUT2D eigenvalue weighted by Crippen LogP contribution is -2.24. The Labute approximate surface area is 91.4 Å². The van der Waals surface area contributed by atoms with Crippen LogP contribution in [-0.4, -0.2) is 18.1 Å². The molecule has 0 aliphatic heterocycles. The van der Waals surface area contributed by atoms with E-state index in [-0.39, 0.29) is 17.8 Å². The lowest BCUT2D eigenvalue weighted by Gasteiger charge is -2.24. The van der Waals surface area contributed by atoms with E-state index < -0.39 is 11.9 Å². The van der Waals surface area contributed by atoms with Crippen LogP contribution in [0.3, 0.4) is 0 Å². The van der Waals surface area contributed by atoms with Crippen LogP contribution in [0.4, 0.5) is 8.78 Å². The number of esters is 1. The van der Waals surface area contributed by atoms with E-state index >= 15 is 0 Å². The van der Waals surface area contributed by atoms with Gasteiger partial charge in [-0.2, -0.15) is 8.78 Å². The fraction of sp³-hybridized carbons (Fsp3) is 0.455. The van der Waals surface area contributed by atoms with Gasteiger partial charge in [0.2, 0.25) is 0 Å². The number of aromatic nitrogens is 1. The number of pyridine rings is 1. The van der Waals surface area contributed by atoms with Crippen LogP contribution in [0.15, 0.2) is 12.1 Å². The quantitative estimate of drug-likeness (QED) is 0.691. The van der Waals surface area contributed by atoms with Crippen molar-refractivity contribution in [1.82, 2.24) is 4.98 Å². The van der Waals surface area contributed by atoms with E-state index in [1.807, 2.05) is 0 Å². The van der Waals surface area contributed by atoms with E-state index in [0.29, 0.717) is 18.4 Å². The highest BCUT2D eigenvalue weighted by molar-refractivity contribution is 5.87. The van der Waals surface area contributed by atoms with Gasteiger partial charge in [-0.25, -0.2) is 9.78 Å². The molecule has 0 amide bonds. The Hall–Kier alpha value is -1.52. The molecule has 0 unspecified atom stereocenters. The maximum Gasteiger partial charge on any atom is 0.356 e. The summed E-state index contributed by atoms with van der Waals surface area (Å²) in [5.41, 5.74) is 0.174. The Bertz CT molecular complexity index is 432. The first-order valence-corrected chi connectivity index (χ1v) is 5.01. The monoisotopic (exact) mass is 227 g/mol. The third-order valence-corrected chi connectivity index (χ3v) is 2.66. The van der Waals surface area contributed by atoms with Gasteiger partial charge in [0.05, 0.1) is 7.11 Å². The minimum absolute atomic E-state index is 0.0668. The van der Waals surface area contributed by atoms with Gasteiger partial charge in [-0.1, -0.05) is 6.07 Å². The fourth-order valence-corrected chi connectivity index (χ4v) is 1.84. The van der Waals surface area contributed by atoms with Crippen LogP contribution >= 0.6 is 0 Å². The molecule has 0 radical (unpaired) electrons. The van der Waals surface area contributed by atoms with Crippen LogP contribution in [0, 0.1) is 0 Å². The van der Waals surface area contributed by atoms with Crippen LogP contribution in [0.25, 0.3) is 0 Å². The lowest BCUT2D eigenvalue weighted by molar-refractivity contribution is -0.0264. The smallest absolute Gasteiger partial charge is 0.356 e. The first-order chi connectivity index (χ1) is 7.54. The molecule has 1 heterocycles. The molecule has 0 saturated carbocycles. The van der Waals surface area contributed by atoms with E-state index in [4.69, 9.17) is 0 Å². The van der Waals surface area contributed by atoms with E-state index in [1.54, 1.807) is 0 Å². The van der Waals surface area contributed by atoms with E-state index in [0.717, 1.165) is 0 Å². The lowest BCUT2D eigenvalue weighted by atomic mass is 9.92. The standard InChI is InChI=1S/C11H11F2NO2/c1-16-10(15)8-5-4-7-3-2-6-11(12,13)9(7)14-8/h4-5H,2-3,6H2,1H3. The molecule has 0 spiro atoms. The maximum absolute atomic E-state index is 13.5. The zero-order valence-electron chi connectivity index (χ0n) is 8.80. The number of hydrogen-bond donors (Lipinski definition) is 0. The average Bonchev–Trinajstić information content (AvgIpc) is 2.27. The van der Waals surface area contributed by atoms with Crippen molar-refractivity contribution in [3.63, 3.8) is 0 Å². The number of ether oxygens (including phenoxy) is 1. The molecule has 3 nitrogen and oxygen atoms in total. The van der Waals surface area contributed by atoms with Gasteiger partial charge in [0.25, 0.3) is 5.92 Å². The zero-order chi connectivity index (χ0) is 11.8. The molecular formula is C11H11F2NO2. The first-order valence-electron chi connectivity index (χ1n) is 5.01. The number of alkyl halides is 2. The molecule has 86 valence electrons. The third-order valence-electron chi connectivity index (χ3n) is 2.66. The molecule has 16 heavy (non-hydrogen) atoms. The van der Waals surface area contributed by atoms with Crippen molar-refractivity contribution >= 4 is 5.97 Å². The number of nitrogens with zero attached hydrogens (tertiary/aromatic N) is 1. The number of carbonyl (C=O) groups excluding carboxylic acids is 1. The summed E-state index contributed by atoms with van der Waals surface area (Å²) in [7, 11) is 1.20. The molecular weight excluding hydrogens is 216 g/mol. The van der Waals surface area contributed by atoms with Gasteiger partial charge in [0.1, 0.15) is 11.4 Å². The molecule has 0 bridgehead atoms. The van der Waals surface area contributed by atoms with Crippen molar-refractivity contribution in [3.05, 3.63) is 29.1 Å². The average molecular weight is 227 g/mol. The Balaban J connectivity index is 2.47. The maximum atomic E-state index is 13.5. The molecule has 1 aliphatic carbocycles. The predicted molar refractivity (Wildman–Crippen MR) is 52.4 cm³/mol. The Kier molecular flexibility index (Phi) is 2.61. The molecule has 0 fully saturated rings. The number of halogens is 2. The second-order valence-electron chi connectivity index (χ2n) is 3.75. The second kappa shape index (κ2) is 3.81. The topological polar surface area (TPSA) is 39.2 Å². The van der Waals surface area contributed by atoms with Crippen LogP contribution in [0.2, 0.25) is 0 Å². The highest BCUT2D eigenvalue weighted by Gasteiger charge is 2.38. The van der Waals surface area contributed by atoms with Crippen molar-refractivity contribution in [2.45, 2.75) is 25.2 Å². The minimum atomic E-state index is -2.93. The molecule has 0 atom stereocenters. The van der Waals surface area contributed by atoms with Crippen LogP contribution in [0.5, 0.6) is 0 Å². The minimum Gasteiger partial charge on any atom is -0.464 e. The van der Waals surface area contributed by atoms with Gasteiger partial charge in [-0.05, 0) is 24.5 Å². The van der Waals surface area contributed by atoms with Gasteiger partial charge in [0.15, 0.2) is 0 Å². The fourth-order valence-electron chi connectivity index (χ4n) is 1.84. The number of rotatable bonds is 1. The van der Waals surface area contributed by atoms with Crippen molar-refractivity contribution in [2.24, 2.45) is 0 Å². The van der Waals surface area contributed by atoms with Crippen molar-refractivity contribution < 1.29 is 18.3 Å². The number of aryl methyl sites for hydroxylation is 1. The normalized spacial score (nSPS) is 17.7. The summed E-state index contributed by atoms with van der Waals surface area (Å²) in [6.07, 6.45) is 0.816. The molecule has 2 rings (SSSR count). The van der Waals surface area contributed by atoms with Gasteiger partial charge in [0, 0.05) is 6.42 Å². The summed E-state index contributed by atoms with van der Waals surface area (Å²) in [5.74, 6) is -3.62. The summed E-state index contributed by atoms with van der Waals surface area (Å²) < 4.78 is 31.5. The summed E-state index contributed by atoms with van der Waals surface area (Å²) in [5, 5.41) is 0. The number of fused-ring (bicyclic) bond motifs is 1. The Morgan fingerprint density at radius 3 is 2.94 bits per heavy atom. The number of hydrogen-bond acceptors (Lipinski definition) is 3. The molecule has 5 heteroatoms. The van der Waals surface area contributed by atoms with E-state index in [2.05, 4.69) is 9.72 Å². The largest absolute Gasteiger partial charge is 0.464 e. The number of carbonyl (C=O) groups is 1. The van der Waals surface area contributed by atoms with Crippen molar-refractivity contribution in [3.8, 4) is 0 Å². The molecule has 0 N–H and O–H groups in total. The van der Waals surface area contributed by atoms with E-state index in [9.17, 15) is 13.6 Å². The highest BCUT2D eigenvalue weighted by atomic mass is 19.3. The van der Waals surface area contributed by atoms with Crippen LogP contribution in [-0.2, 0) is 17.1 Å². The SMILES string of the molecule is COC(=O)c1ccc2c(n1)C(F)(F)CCC2. The van der Waals surface area contributed by atoms with Gasteiger partial charge in [-0.15, -0.1) is 0 Å². The van der Waals surface area contributed by atoms with E-state index in [1.165, 1.54) is 19.2 Å². The van der Waals surface area contributed by atoms with Crippen LogP contribution < -0.4 is 0 Å². The van der Waals surface area contributed by atoms with Gasteiger partial charge < -0.3 is 4.74 Å². The Morgan fingerprint density at radius 1 is 1.50 bits per heavy atom. The van der Waals surface area contributed by atoms with Crippen LogP contribution in [0.1, 0.15) is 34.6 Å². The van der Waals surface area contributed by atoms with Crippen molar-refractivity contribution in [2.75, 3.05) is 7.11 Å². The third kappa shape index (κ3) is 1.77. The summed E-state index contributed by atoms with van der Waals surface area (Å²) in [4.78, 5) is 14.9. The molecule has 0 aromatic carbocycles. The van der Waals surface area contributed by atoms with Gasteiger partial charge >= 0.3 is 5.97 Å². The molecule has 1 aromatic heterocycles. The zero-order valence-corrected chi connectivity index (χ0v) is 8.80. The summed E-state index contributed by atoms with van der Waals surface area (Å²) in [6, 6.07) is 2.95.